The average Bonchev–Trinajstić information content (AvgIpc) is 2.68. The van der Waals surface area contributed by atoms with E-state index >= 15 is 0 Å². The Morgan fingerprint density at radius 1 is 1.00 bits per heavy atom. The van der Waals surface area contributed by atoms with Gasteiger partial charge in [-0.3, -0.25) is 9.59 Å². The summed E-state index contributed by atoms with van der Waals surface area (Å²) in [5, 5.41) is 5.78. The third-order valence-electron chi connectivity index (χ3n) is 3.74. The van der Waals surface area contributed by atoms with E-state index in [4.69, 9.17) is 27.9 Å². The minimum atomic E-state index is -0.992. The Morgan fingerprint density at radius 3 is 2.22 bits per heavy atom. The lowest BCUT2D eigenvalue weighted by atomic mass is 10.1. The number of methoxy groups -OCH3 is 1. The van der Waals surface area contributed by atoms with Crippen LogP contribution < -0.4 is 10.6 Å². The molecule has 0 aromatic heterocycles. The number of hydrogen-bond acceptors (Lipinski definition) is 4. The molecule has 0 fully saturated rings. The summed E-state index contributed by atoms with van der Waals surface area (Å²) in [5.74, 6) is -1.58. The lowest BCUT2D eigenvalue weighted by Gasteiger charge is -2.18. The second-order valence-electron chi connectivity index (χ2n) is 5.60. The Bertz CT molecular complexity index is 807. The number of halogens is 2. The largest absolute Gasteiger partial charge is 0.467 e. The van der Waals surface area contributed by atoms with Gasteiger partial charge in [0, 0.05) is 22.0 Å². The number of amides is 2. The third-order valence-corrected chi connectivity index (χ3v) is 4.44. The highest BCUT2D eigenvalue weighted by atomic mass is 35.5. The van der Waals surface area contributed by atoms with Gasteiger partial charge in [0.05, 0.1) is 13.7 Å². The molecule has 1 atom stereocenters. The molecule has 2 aromatic carbocycles. The van der Waals surface area contributed by atoms with E-state index < -0.39 is 23.8 Å². The lowest BCUT2D eigenvalue weighted by molar-refractivity contribution is -0.144. The van der Waals surface area contributed by atoms with Crippen molar-refractivity contribution in [2.24, 2.45) is 0 Å². The summed E-state index contributed by atoms with van der Waals surface area (Å²) < 4.78 is 4.73. The number of rotatable bonds is 7. The third kappa shape index (κ3) is 5.98. The van der Waals surface area contributed by atoms with Crippen LogP contribution in [0.15, 0.2) is 48.5 Å². The highest BCUT2D eigenvalue weighted by molar-refractivity contribution is 6.36. The van der Waals surface area contributed by atoms with Crippen molar-refractivity contribution in [2.75, 3.05) is 13.7 Å². The van der Waals surface area contributed by atoms with Crippen molar-refractivity contribution in [1.29, 1.82) is 0 Å². The second-order valence-corrected chi connectivity index (χ2v) is 6.41. The quantitative estimate of drug-likeness (QED) is 0.689. The summed E-state index contributed by atoms with van der Waals surface area (Å²) in [6.07, 6.45) is 0.0591. The van der Waals surface area contributed by atoms with Crippen LogP contribution in [0.4, 0.5) is 0 Å². The number of ether oxygens (including phenoxy) is 1. The Kier molecular flexibility index (Phi) is 7.64. The molecule has 6 nitrogen and oxygen atoms in total. The van der Waals surface area contributed by atoms with Crippen LogP contribution in [0.2, 0.25) is 10.0 Å². The van der Waals surface area contributed by atoms with Gasteiger partial charge in [-0.2, -0.15) is 0 Å². The number of carbonyl (C=O) groups is 3. The Labute approximate surface area is 166 Å². The first-order valence-corrected chi connectivity index (χ1v) is 8.81. The minimum absolute atomic E-state index is 0.0591. The van der Waals surface area contributed by atoms with Gasteiger partial charge in [-0.05, 0) is 29.8 Å². The first-order valence-electron chi connectivity index (χ1n) is 8.05. The molecular weight excluding hydrogens is 391 g/mol. The monoisotopic (exact) mass is 408 g/mol. The number of carbonyl (C=O) groups excluding carboxylic acids is 3. The SMILES string of the molecule is COC(=O)[C@@H](Cc1c(Cl)cccc1Cl)NC(=O)CNC(=O)c1ccccc1. The molecule has 0 unspecified atom stereocenters. The van der Waals surface area contributed by atoms with Crippen molar-refractivity contribution in [3.8, 4) is 0 Å². The minimum Gasteiger partial charge on any atom is -0.467 e. The predicted octanol–water partition coefficient (Wildman–Crippen LogP) is 2.62. The lowest BCUT2D eigenvalue weighted by Crippen LogP contribution is -2.47. The van der Waals surface area contributed by atoms with E-state index in [1.165, 1.54) is 7.11 Å². The summed E-state index contributed by atoms with van der Waals surface area (Å²) in [4.78, 5) is 36.2. The van der Waals surface area contributed by atoms with Crippen LogP contribution >= 0.6 is 23.2 Å². The number of nitrogens with one attached hydrogen (secondary N) is 2. The Balaban J connectivity index is 2.00. The fraction of sp³-hybridized carbons (Fsp3) is 0.211. The molecule has 0 saturated carbocycles. The Morgan fingerprint density at radius 2 is 1.63 bits per heavy atom. The van der Waals surface area contributed by atoms with Crippen molar-refractivity contribution >= 4 is 41.0 Å². The predicted molar refractivity (Wildman–Crippen MR) is 103 cm³/mol. The van der Waals surface area contributed by atoms with Gasteiger partial charge in [-0.15, -0.1) is 0 Å². The van der Waals surface area contributed by atoms with Gasteiger partial charge in [0.25, 0.3) is 5.91 Å². The molecule has 0 heterocycles. The van der Waals surface area contributed by atoms with Crippen LogP contribution in [0.1, 0.15) is 15.9 Å². The maximum Gasteiger partial charge on any atom is 0.328 e. The molecule has 142 valence electrons. The maximum atomic E-state index is 12.2. The van der Waals surface area contributed by atoms with Crippen LogP contribution in [0.5, 0.6) is 0 Å². The maximum absolute atomic E-state index is 12.2. The van der Waals surface area contributed by atoms with Crippen molar-refractivity contribution in [3.05, 3.63) is 69.7 Å². The van der Waals surface area contributed by atoms with E-state index in [9.17, 15) is 14.4 Å². The molecule has 0 aliphatic carbocycles. The number of esters is 1. The van der Waals surface area contributed by atoms with E-state index in [1.807, 2.05) is 0 Å². The van der Waals surface area contributed by atoms with Gasteiger partial charge < -0.3 is 15.4 Å². The number of hydrogen-bond donors (Lipinski definition) is 2. The van der Waals surface area contributed by atoms with Gasteiger partial charge in [0.1, 0.15) is 6.04 Å². The molecule has 0 spiro atoms. The molecule has 2 rings (SSSR count). The normalized spacial score (nSPS) is 11.4. The highest BCUT2D eigenvalue weighted by Crippen LogP contribution is 2.25. The van der Waals surface area contributed by atoms with E-state index in [0.717, 1.165) is 0 Å². The molecule has 8 heteroatoms. The van der Waals surface area contributed by atoms with Crippen LogP contribution in [0.3, 0.4) is 0 Å². The molecule has 2 N–H and O–H groups in total. The fourth-order valence-corrected chi connectivity index (χ4v) is 2.92. The molecule has 0 aliphatic rings. The zero-order chi connectivity index (χ0) is 19.8. The standard InChI is InChI=1S/C19H18Cl2N2O4/c1-27-19(26)16(10-13-14(20)8-5-9-15(13)21)23-17(24)11-22-18(25)12-6-3-2-4-7-12/h2-9,16H,10-11H2,1H3,(H,22,25)(H,23,24)/t16-/m1/s1. The van der Waals surface area contributed by atoms with Crippen molar-refractivity contribution in [2.45, 2.75) is 12.5 Å². The summed E-state index contributed by atoms with van der Waals surface area (Å²) in [7, 11) is 1.22. The van der Waals surface area contributed by atoms with Crippen molar-refractivity contribution in [3.63, 3.8) is 0 Å². The van der Waals surface area contributed by atoms with Gasteiger partial charge in [0.2, 0.25) is 5.91 Å². The van der Waals surface area contributed by atoms with E-state index in [-0.39, 0.29) is 13.0 Å². The molecule has 0 radical (unpaired) electrons. The second kappa shape index (κ2) is 9.94. The summed E-state index contributed by atoms with van der Waals surface area (Å²) >= 11 is 12.2. The fourth-order valence-electron chi connectivity index (χ4n) is 2.36. The molecule has 0 saturated heterocycles. The highest BCUT2D eigenvalue weighted by Gasteiger charge is 2.24. The van der Waals surface area contributed by atoms with Gasteiger partial charge in [-0.1, -0.05) is 47.5 Å². The Hall–Kier alpha value is -2.57. The zero-order valence-electron chi connectivity index (χ0n) is 14.5. The van der Waals surface area contributed by atoms with Crippen LogP contribution in [0, 0.1) is 0 Å². The first-order chi connectivity index (χ1) is 12.9. The van der Waals surface area contributed by atoms with Crippen molar-refractivity contribution < 1.29 is 19.1 Å². The van der Waals surface area contributed by atoms with Crippen LogP contribution in [-0.2, 0) is 20.7 Å². The summed E-state index contributed by atoms with van der Waals surface area (Å²) in [6.45, 7) is -0.294. The topological polar surface area (TPSA) is 84.5 Å². The summed E-state index contributed by atoms with van der Waals surface area (Å²) in [6, 6.07) is 12.4. The van der Waals surface area contributed by atoms with Crippen LogP contribution in [-0.4, -0.2) is 37.5 Å². The average molecular weight is 409 g/mol. The first kappa shape index (κ1) is 20.7. The van der Waals surface area contributed by atoms with Gasteiger partial charge in [-0.25, -0.2) is 4.79 Å². The van der Waals surface area contributed by atoms with Gasteiger partial charge in [0.15, 0.2) is 0 Å². The molecule has 0 aliphatic heterocycles. The molecule has 0 bridgehead atoms. The summed E-state index contributed by atoms with van der Waals surface area (Å²) in [5.41, 5.74) is 0.947. The van der Waals surface area contributed by atoms with Crippen LogP contribution in [0.25, 0.3) is 0 Å². The number of benzene rings is 2. The zero-order valence-corrected chi connectivity index (χ0v) is 16.0. The van der Waals surface area contributed by atoms with E-state index in [0.29, 0.717) is 21.2 Å². The smallest absolute Gasteiger partial charge is 0.328 e. The molecular formula is C19H18Cl2N2O4. The van der Waals surface area contributed by atoms with Crippen molar-refractivity contribution in [1.82, 2.24) is 10.6 Å². The van der Waals surface area contributed by atoms with E-state index in [2.05, 4.69) is 10.6 Å². The van der Waals surface area contributed by atoms with Gasteiger partial charge >= 0.3 is 5.97 Å². The molecule has 2 aromatic rings. The molecule has 2 amide bonds. The molecule has 27 heavy (non-hydrogen) atoms. The van der Waals surface area contributed by atoms with E-state index in [1.54, 1.807) is 48.5 Å².